The van der Waals surface area contributed by atoms with Gasteiger partial charge in [0.25, 0.3) is 0 Å². The largest absolute Gasteiger partial charge is 0.369 e. The third kappa shape index (κ3) is 2.14. The van der Waals surface area contributed by atoms with Crippen LogP contribution in [-0.4, -0.2) is 19.1 Å². The highest BCUT2D eigenvalue weighted by atomic mass is 15.2. The SMILES string of the molecule is c1ccc2c(c1)CNC(C1CC1)CN2CC1CC1. The van der Waals surface area contributed by atoms with Gasteiger partial charge in [-0.2, -0.15) is 0 Å². The predicted molar refractivity (Wildman–Crippen MR) is 74.7 cm³/mol. The van der Waals surface area contributed by atoms with Crippen LogP contribution in [0, 0.1) is 11.8 Å². The maximum absolute atomic E-state index is 3.78. The van der Waals surface area contributed by atoms with E-state index in [4.69, 9.17) is 0 Å². The number of nitrogens with zero attached hydrogens (tertiary/aromatic N) is 1. The normalized spacial score (nSPS) is 27.8. The molecule has 0 spiro atoms. The molecule has 1 N–H and O–H groups in total. The lowest BCUT2D eigenvalue weighted by atomic mass is 10.1. The molecule has 0 amide bonds. The highest BCUT2D eigenvalue weighted by molar-refractivity contribution is 5.55. The number of rotatable bonds is 3. The molecule has 2 fully saturated rings. The molecular weight excluding hydrogens is 220 g/mol. The minimum atomic E-state index is 0.719. The molecule has 1 aromatic rings. The molecule has 1 aromatic carbocycles. The van der Waals surface area contributed by atoms with Gasteiger partial charge in [0, 0.05) is 31.4 Å². The van der Waals surface area contributed by atoms with Gasteiger partial charge in [-0.25, -0.2) is 0 Å². The van der Waals surface area contributed by atoms with E-state index >= 15 is 0 Å². The summed E-state index contributed by atoms with van der Waals surface area (Å²) in [5, 5.41) is 3.78. The molecule has 0 radical (unpaired) electrons. The number of para-hydroxylation sites is 1. The molecule has 4 rings (SSSR count). The zero-order valence-corrected chi connectivity index (χ0v) is 10.9. The van der Waals surface area contributed by atoms with Gasteiger partial charge in [0.15, 0.2) is 0 Å². The first-order valence-electron chi connectivity index (χ1n) is 7.46. The third-order valence-electron chi connectivity index (χ3n) is 4.67. The van der Waals surface area contributed by atoms with E-state index in [9.17, 15) is 0 Å². The Morgan fingerprint density at radius 1 is 1.11 bits per heavy atom. The Hall–Kier alpha value is -1.02. The molecule has 1 unspecified atom stereocenters. The van der Waals surface area contributed by atoms with Crippen LogP contribution < -0.4 is 10.2 Å². The second-order valence-corrected chi connectivity index (χ2v) is 6.30. The lowest BCUT2D eigenvalue weighted by Gasteiger charge is -2.27. The van der Waals surface area contributed by atoms with Crippen molar-refractivity contribution >= 4 is 5.69 Å². The van der Waals surface area contributed by atoms with Crippen LogP contribution in [-0.2, 0) is 6.54 Å². The standard InChI is InChI=1S/C16H22N2/c1-2-4-16-14(3-1)9-17-15(13-7-8-13)11-18(16)10-12-5-6-12/h1-4,12-13,15,17H,5-11H2. The minimum Gasteiger partial charge on any atom is -0.369 e. The fourth-order valence-corrected chi connectivity index (χ4v) is 3.21. The van der Waals surface area contributed by atoms with Gasteiger partial charge in [0.05, 0.1) is 0 Å². The molecule has 3 aliphatic rings. The number of hydrogen-bond acceptors (Lipinski definition) is 2. The molecule has 96 valence electrons. The van der Waals surface area contributed by atoms with E-state index in [1.54, 1.807) is 0 Å². The summed E-state index contributed by atoms with van der Waals surface area (Å²) in [4.78, 5) is 2.66. The van der Waals surface area contributed by atoms with Gasteiger partial charge in [-0.05, 0) is 49.1 Å². The first-order chi connectivity index (χ1) is 8.90. The molecule has 0 saturated heterocycles. The Morgan fingerprint density at radius 2 is 1.94 bits per heavy atom. The molecule has 2 saturated carbocycles. The van der Waals surface area contributed by atoms with Gasteiger partial charge >= 0.3 is 0 Å². The second-order valence-electron chi connectivity index (χ2n) is 6.30. The molecule has 1 heterocycles. The average molecular weight is 242 g/mol. The molecule has 1 aliphatic heterocycles. The Kier molecular flexibility index (Phi) is 2.58. The minimum absolute atomic E-state index is 0.719. The molecule has 0 bridgehead atoms. The van der Waals surface area contributed by atoms with Crippen LogP contribution in [0.5, 0.6) is 0 Å². The van der Waals surface area contributed by atoms with E-state index in [0.717, 1.165) is 24.4 Å². The van der Waals surface area contributed by atoms with Crippen LogP contribution in [0.2, 0.25) is 0 Å². The average Bonchev–Trinajstić information content (AvgIpc) is 3.26. The maximum Gasteiger partial charge on any atom is 0.0412 e. The molecule has 2 aliphatic carbocycles. The van der Waals surface area contributed by atoms with E-state index in [1.807, 2.05) is 0 Å². The number of hydrogen-bond donors (Lipinski definition) is 1. The summed E-state index contributed by atoms with van der Waals surface area (Å²) in [5.41, 5.74) is 2.97. The Bertz CT molecular complexity index is 434. The zero-order valence-electron chi connectivity index (χ0n) is 10.9. The van der Waals surface area contributed by atoms with Crippen molar-refractivity contribution in [2.45, 2.75) is 38.3 Å². The van der Waals surface area contributed by atoms with Gasteiger partial charge in [-0.3, -0.25) is 0 Å². The Labute approximate surface area is 109 Å². The van der Waals surface area contributed by atoms with Crippen LogP contribution in [0.4, 0.5) is 5.69 Å². The van der Waals surface area contributed by atoms with Crippen molar-refractivity contribution in [2.24, 2.45) is 11.8 Å². The first kappa shape index (κ1) is 10.9. The molecule has 18 heavy (non-hydrogen) atoms. The lowest BCUT2D eigenvalue weighted by molar-refractivity contribution is 0.465. The quantitative estimate of drug-likeness (QED) is 0.877. The monoisotopic (exact) mass is 242 g/mol. The molecule has 0 aromatic heterocycles. The van der Waals surface area contributed by atoms with Gasteiger partial charge in [-0.15, -0.1) is 0 Å². The van der Waals surface area contributed by atoms with Crippen molar-refractivity contribution in [1.82, 2.24) is 5.32 Å². The van der Waals surface area contributed by atoms with Crippen LogP contribution in [0.3, 0.4) is 0 Å². The molecule has 2 nitrogen and oxygen atoms in total. The van der Waals surface area contributed by atoms with Crippen molar-refractivity contribution in [1.29, 1.82) is 0 Å². The van der Waals surface area contributed by atoms with E-state index in [-0.39, 0.29) is 0 Å². The summed E-state index contributed by atoms with van der Waals surface area (Å²) >= 11 is 0. The smallest absolute Gasteiger partial charge is 0.0412 e. The highest BCUT2D eigenvalue weighted by Crippen LogP contribution is 2.37. The third-order valence-corrected chi connectivity index (χ3v) is 4.67. The summed E-state index contributed by atoms with van der Waals surface area (Å²) in [6, 6.07) is 9.69. The van der Waals surface area contributed by atoms with Crippen molar-refractivity contribution in [3.8, 4) is 0 Å². The van der Waals surface area contributed by atoms with E-state index in [2.05, 4.69) is 34.5 Å². The van der Waals surface area contributed by atoms with Crippen molar-refractivity contribution in [2.75, 3.05) is 18.0 Å². The summed E-state index contributed by atoms with van der Waals surface area (Å²) < 4.78 is 0. The summed E-state index contributed by atoms with van der Waals surface area (Å²) in [7, 11) is 0. The van der Waals surface area contributed by atoms with Crippen molar-refractivity contribution in [3.05, 3.63) is 29.8 Å². The number of benzene rings is 1. The van der Waals surface area contributed by atoms with Gasteiger partial charge in [0.1, 0.15) is 0 Å². The molecule has 1 atom stereocenters. The van der Waals surface area contributed by atoms with Crippen molar-refractivity contribution < 1.29 is 0 Å². The van der Waals surface area contributed by atoms with Gasteiger partial charge < -0.3 is 10.2 Å². The van der Waals surface area contributed by atoms with E-state index < -0.39 is 0 Å². The first-order valence-corrected chi connectivity index (χ1v) is 7.46. The summed E-state index contributed by atoms with van der Waals surface area (Å²) in [6.07, 6.45) is 5.76. The highest BCUT2D eigenvalue weighted by Gasteiger charge is 2.35. The Morgan fingerprint density at radius 3 is 2.72 bits per heavy atom. The van der Waals surface area contributed by atoms with Crippen LogP contribution >= 0.6 is 0 Å². The Balaban J connectivity index is 1.61. The van der Waals surface area contributed by atoms with Gasteiger partial charge in [0.2, 0.25) is 0 Å². The van der Waals surface area contributed by atoms with Crippen LogP contribution in [0.25, 0.3) is 0 Å². The fraction of sp³-hybridized carbons (Fsp3) is 0.625. The van der Waals surface area contributed by atoms with Crippen LogP contribution in [0.1, 0.15) is 31.2 Å². The summed E-state index contributed by atoms with van der Waals surface area (Å²) in [6.45, 7) is 3.55. The molecule has 2 heteroatoms. The van der Waals surface area contributed by atoms with E-state index in [1.165, 1.54) is 50.0 Å². The zero-order chi connectivity index (χ0) is 11.9. The van der Waals surface area contributed by atoms with Crippen molar-refractivity contribution in [3.63, 3.8) is 0 Å². The topological polar surface area (TPSA) is 15.3 Å². The maximum atomic E-state index is 3.78. The van der Waals surface area contributed by atoms with Gasteiger partial charge in [-0.1, -0.05) is 18.2 Å². The summed E-state index contributed by atoms with van der Waals surface area (Å²) in [5.74, 6) is 1.91. The fourth-order valence-electron chi connectivity index (χ4n) is 3.21. The van der Waals surface area contributed by atoms with Crippen LogP contribution in [0.15, 0.2) is 24.3 Å². The molecular formula is C16H22N2. The number of nitrogens with one attached hydrogen (secondary N) is 1. The van der Waals surface area contributed by atoms with E-state index in [0.29, 0.717) is 0 Å². The predicted octanol–water partition coefficient (Wildman–Crippen LogP) is 2.78. The number of fused-ring (bicyclic) bond motifs is 1. The lowest BCUT2D eigenvalue weighted by Crippen LogP contribution is -2.40. The second kappa shape index (κ2) is 4.27. The number of anilines is 1.